The van der Waals surface area contributed by atoms with E-state index in [2.05, 4.69) is 34.3 Å². The van der Waals surface area contributed by atoms with Gasteiger partial charge in [0.2, 0.25) is 0 Å². The van der Waals surface area contributed by atoms with Crippen LogP contribution >= 0.6 is 0 Å². The highest BCUT2D eigenvalue weighted by Gasteiger charge is 2.17. The molecule has 1 aromatic carbocycles. The molecule has 0 aromatic heterocycles. The summed E-state index contributed by atoms with van der Waals surface area (Å²) in [6.45, 7) is 4.76. The molecule has 1 fully saturated rings. The van der Waals surface area contributed by atoms with Crippen LogP contribution in [0.4, 0.5) is 17.1 Å². The number of hydrogen-bond donors (Lipinski definition) is 2. The van der Waals surface area contributed by atoms with Crippen molar-refractivity contribution in [1.29, 1.82) is 5.26 Å². The van der Waals surface area contributed by atoms with Gasteiger partial charge in [-0.05, 0) is 19.2 Å². The standard InChI is InChI=1S/C14H21N5/c1-18-8-10-19(11-9-18)13-5-2-4-12(14(13)16)17-7-3-6-15/h2,4-5,17H,3,7-11,16H2,1H3. The smallest absolute Gasteiger partial charge is 0.0787 e. The molecule has 1 aromatic rings. The Hall–Kier alpha value is -1.93. The number of nitrogen functional groups attached to an aromatic ring is 1. The van der Waals surface area contributed by atoms with Crippen LogP contribution in [0.25, 0.3) is 0 Å². The quantitative estimate of drug-likeness (QED) is 0.631. The minimum absolute atomic E-state index is 0.484. The molecule has 0 aliphatic carbocycles. The molecule has 0 amide bonds. The first kappa shape index (κ1) is 13.5. The van der Waals surface area contributed by atoms with E-state index in [9.17, 15) is 0 Å². The second-order valence-electron chi connectivity index (χ2n) is 4.86. The molecule has 1 aliphatic heterocycles. The maximum absolute atomic E-state index is 8.56. The van der Waals surface area contributed by atoms with Crippen LogP contribution in [0, 0.1) is 11.3 Å². The third kappa shape index (κ3) is 3.30. The molecule has 1 aliphatic rings. The van der Waals surface area contributed by atoms with E-state index in [1.807, 2.05) is 12.1 Å². The molecule has 0 spiro atoms. The molecule has 0 bridgehead atoms. The second-order valence-corrected chi connectivity index (χ2v) is 4.86. The third-order valence-electron chi connectivity index (χ3n) is 3.48. The van der Waals surface area contributed by atoms with Gasteiger partial charge in [-0.15, -0.1) is 0 Å². The van der Waals surface area contributed by atoms with E-state index < -0.39 is 0 Å². The first-order valence-corrected chi connectivity index (χ1v) is 6.65. The van der Waals surface area contributed by atoms with Crippen LogP contribution < -0.4 is 16.0 Å². The van der Waals surface area contributed by atoms with E-state index in [-0.39, 0.29) is 0 Å². The van der Waals surface area contributed by atoms with Crippen LogP contribution in [-0.4, -0.2) is 44.7 Å². The first-order chi connectivity index (χ1) is 9.22. The average molecular weight is 259 g/mol. The van der Waals surface area contributed by atoms with Gasteiger partial charge in [0.25, 0.3) is 0 Å². The largest absolute Gasteiger partial charge is 0.395 e. The molecule has 0 unspecified atom stereocenters. The van der Waals surface area contributed by atoms with Crippen molar-refractivity contribution >= 4 is 17.1 Å². The lowest BCUT2D eigenvalue weighted by Gasteiger charge is -2.35. The van der Waals surface area contributed by atoms with Crippen molar-refractivity contribution in [2.45, 2.75) is 6.42 Å². The number of nitrogens with one attached hydrogen (secondary N) is 1. The highest BCUT2D eigenvalue weighted by atomic mass is 15.3. The van der Waals surface area contributed by atoms with Crippen molar-refractivity contribution in [2.24, 2.45) is 0 Å². The summed E-state index contributed by atoms with van der Waals surface area (Å²) in [6.07, 6.45) is 0.484. The number of likely N-dealkylation sites (N-methyl/N-ethyl adjacent to an activating group) is 1. The molecule has 102 valence electrons. The van der Waals surface area contributed by atoms with Crippen LogP contribution in [0.15, 0.2) is 18.2 Å². The van der Waals surface area contributed by atoms with E-state index in [1.165, 1.54) is 0 Å². The molecule has 3 N–H and O–H groups in total. The lowest BCUT2D eigenvalue weighted by molar-refractivity contribution is 0.313. The van der Waals surface area contributed by atoms with Gasteiger partial charge in [0.05, 0.1) is 29.6 Å². The Morgan fingerprint density at radius 1 is 1.32 bits per heavy atom. The highest BCUT2D eigenvalue weighted by molar-refractivity contribution is 5.81. The maximum atomic E-state index is 8.56. The van der Waals surface area contributed by atoms with Crippen molar-refractivity contribution in [2.75, 3.05) is 55.7 Å². The number of nitriles is 1. The lowest BCUT2D eigenvalue weighted by Crippen LogP contribution is -2.44. The summed E-state index contributed by atoms with van der Waals surface area (Å²) < 4.78 is 0. The van der Waals surface area contributed by atoms with Gasteiger partial charge < -0.3 is 20.9 Å². The van der Waals surface area contributed by atoms with Crippen molar-refractivity contribution in [3.05, 3.63) is 18.2 Å². The van der Waals surface area contributed by atoms with Crippen LogP contribution in [0.1, 0.15) is 6.42 Å². The van der Waals surface area contributed by atoms with Gasteiger partial charge in [0.1, 0.15) is 0 Å². The Morgan fingerprint density at radius 3 is 2.74 bits per heavy atom. The summed E-state index contributed by atoms with van der Waals surface area (Å²) in [5.41, 5.74) is 9.03. The van der Waals surface area contributed by atoms with E-state index in [0.717, 1.165) is 43.2 Å². The Balaban J connectivity index is 2.09. The molecule has 0 atom stereocenters. The van der Waals surface area contributed by atoms with Gasteiger partial charge in [-0.1, -0.05) is 6.07 Å². The van der Waals surface area contributed by atoms with Gasteiger partial charge >= 0.3 is 0 Å². The normalized spacial score (nSPS) is 16.1. The average Bonchev–Trinajstić information content (AvgIpc) is 2.42. The molecule has 5 heteroatoms. The summed E-state index contributed by atoms with van der Waals surface area (Å²) >= 11 is 0. The van der Waals surface area contributed by atoms with Crippen LogP contribution in [0.5, 0.6) is 0 Å². The van der Waals surface area contributed by atoms with E-state index >= 15 is 0 Å². The topological polar surface area (TPSA) is 68.3 Å². The predicted octanol–water partition coefficient (Wildman–Crippen LogP) is 1.35. The van der Waals surface area contributed by atoms with Gasteiger partial charge in [0, 0.05) is 32.7 Å². The number of nitrogens with two attached hydrogens (primary N) is 1. The second kappa shape index (κ2) is 6.30. The minimum Gasteiger partial charge on any atom is -0.395 e. The molecular formula is C14H21N5. The zero-order valence-corrected chi connectivity index (χ0v) is 11.4. The predicted molar refractivity (Wildman–Crippen MR) is 79.3 cm³/mol. The Kier molecular flexibility index (Phi) is 4.48. The van der Waals surface area contributed by atoms with Gasteiger partial charge in [-0.2, -0.15) is 5.26 Å². The van der Waals surface area contributed by atoms with Crippen LogP contribution in [-0.2, 0) is 0 Å². The summed E-state index contributed by atoms with van der Waals surface area (Å²) in [7, 11) is 2.14. The van der Waals surface area contributed by atoms with E-state index in [0.29, 0.717) is 13.0 Å². The number of piperazine rings is 1. The summed E-state index contributed by atoms with van der Waals surface area (Å²) in [4.78, 5) is 4.65. The van der Waals surface area contributed by atoms with E-state index in [1.54, 1.807) is 0 Å². The Bertz CT molecular complexity index is 457. The summed E-state index contributed by atoms with van der Waals surface area (Å²) in [6, 6.07) is 8.16. The van der Waals surface area contributed by atoms with Crippen molar-refractivity contribution < 1.29 is 0 Å². The van der Waals surface area contributed by atoms with Crippen LogP contribution in [0.3, 0.4) is 0 Å². The fraction of sp³-hybridized carbons (Fsp3) is 0.500. The monoisotopic (exact) mass is 259 g/mol. The number of nitrogens with zero attached hydrogens (tertiary/aromatic N) is 3. The lowest BCUT2D eigenvalue weighted by atomic mass is 10.2. The van der Waals surface area contributed by atoms with Crippen molar-refractivity contribution in [1.82, 2.24) is 4.90 Å². The van der Waals surface area contributed by atoms with Crippen LogP contribution in [0.2, 0.25) is 0 Å². The zero-order chi connectivity index (χ0) is 13.7. The zero-order valence-electron chi connectivity index (χ0n) is 11.4. The van der Waals surface area contributed by atoms with Crippen molar-refractivity contribution in [3.8, 4) is 6.07 Å². The fourth-order valence-electron chi connectivity index (χ4n) is 2.28. The maximum Gasteiger partial charge on any atom is 0.0787 e. The first-order valence-electron chi connectivity index (χ1n) is 6.65. The third-order valence-corrected chi connectivity index (χ3v) is 3.48. The number of benzene rings is 1. The molecule has 0 radical (unpaired) electrons. The molecule has 1 saturated heterocycles. The summed E-state index contributed by atoms with van der Waals surface area (Å²) in [5.74, 6) is 0. The number of rotatable bonds is 4. The Labute approximate surface area is 114 Å². The summed E-state index contributed by atoms with van der Waals surface area (Å²) in [5, 5.41) is 11.8. The molecule has 5 nitrogen and oxygen atoms in total. The fourth-order valence-corrected chi connectivity index (χ4v) is 2.28. The van der Waals surface area contributed by atoms with Gasteiger partial charge in [0.15, 0.2) is 0 Å². The van der Waals surface area contributed by atoms with E-state index in [4.69, 9.17) is 11.0 Å². The molecular weight excluding hydrogens is 238 g/mol. The molecule has 0 saturated carbocycles. The molecule has 19 heavy (non-hydrogen) atoms. The molecule has 2 rings (SSSR count). The minimum atomic E-state index is 0.484. The SMILES string of the molecule is CN1CCN(c2cccc(NCCC#N)c2N)CC1. The number of anilines is 3. The molecule has 1 heterocycles. The van der Waals surface area contributed by atoms with Gasteiger partial charge in [-0.3, -0.25) is 0 Å². The highest BCUT2D eigenvalue weighted by Crippen LogP contribution is 2.30. The van der Waals surface area contributed by atoms with Gasteiger partial charge in [-0.25, -0.2) is 0 Å². The number of para-hydroxylation sites is 1. The van der Waals surface area contributed by atoms with Crippen molar-refractivity contribution in [3.63, 3.8) is 0 Å². The number of hydrogen-bond acceptors (Lipinski definition) is 5. The Morgan fingerprint density at radius 2 is 2.05 bits per heavy atom.